The number of pyridine rings is 1. The second kappa shape index (κ2) is 7.66. The molecule has 2 heterocycles. The zero-order valence-corrected chi connectivity index (χ0v) is 14.8. The summed E-state index contributed by atoms with van der Waals surface area (Å²) in [5, 5.41) is 9.69. The van der Waals surface area contributed by atoms with Gasteiger partial charge in [-0.2, -0.15) is 0 Å². The summed E-state index contributed by atoms with van der Waals surface area (Å²) in [6, 6.07) is 9.79. The number of carbonyl (C=O) groups is 1. The van der Waals surface area contributed by atoms with Gasteiger partial charge in [0.05, 0.1) is 18.9 Å². The van der Waals surface area contributed by atoms with Crippen molar-refractivity contribution >= 4 is 11.4 Å². The van der Waals surface area contributed by atoms with Crippen molar-refractivity contribution in [1.82, 2.24) is 9.38 Å². The highest BCUT2D eigenvalue weighted by atomic mass is 19.1. The van der Waals surface area contributed by atoms with Crippen molar-refractivity contribution in [2.45, 2.75) is 26.2 Å². The number of hydrogen-bond acceptors (Lipinski definition) is 4. The van der Waals surface area contributed by atoms with E-state index in [2.05, 4.69) is 4.98 Å². The smallest absolute Gasteiger partial charge is 0.182 e. The maximum atomic E-state index is 14.0. The third-order valence-electron chi connectivity index (χ3n) is 4.35. The maximum Gasteiger partial charge on any atom is 0.182 e. The van der Waals surface area contributed by atoms with Crippen LogP contribution in [0.2, 0.25) is 0 Å². The predicted molar refractivity (Wildman–Crippen MR) is 96.3 cm³/mol. The van der Waals surface area contributed by atoms with E-state index >= 15 is 0 Å². The maximum absolute atomic E-state index is 14.0. The van der Waals surface area contributed by atoms with Crippen LogP contribution in [-0.4, -0.2) is 33.5 Å². The summed E-state index contributed by atoms with van der Waals surface area (Å²) in [6.07, 6.45) is 1.74. The van der Waals surface area contributed by atoms with Crippen molar-refractivity contribution in [3.05, 3.63) is 65.4 Å². The van der Waals surface area contributed by atoms with E-state index in [1.165, 1.54) is 6.07 Å². The van der Waals surface area contributed by atoms with Gasteiger partial charge in [0.25, 0.3) is 0 Å². The molecule has 0 aliphatic carbocycles. The molecule has 0 spiro atoms. The van der Waals surface area contributed by atoms with E-state index in [9.17, 15) is 14.3 Å². The first-order valence-electron chi connectivity index (χ1n) is 8.55. The number of rotatable bonds is 7. The largest absolute Gasteiger partial charge is 0.490 e. The minimum atomic E-state index is -0.608. The molecule has 0 fully saturated rings. The molecular weight excluding hydrogens is 335 g/mol. The lowest BCUT2D eigenvalue weighted by atomic mass is 9.93. The van der Waals surface area contributed by atoms with Crippen LogP contribution in [0.4, 0.5) is 4.39 Å². The number of hydrogen-bond donors (Lipinski definition) is 1. The average Bonchev–Trinajstić information content (AvgIpc) is 2.97. The van der Waals surface area contributed by atoms with Gasteiger partial charge in [0.15, 0.2) is 17.2 Å². The van der Waals surface area contributed by atoms with E-state index in [1.54, 1.807) is 47.9 Å². The van der Waals surface area contributed by atoms with Crippen molar-refractivity contribution in [2.75, 3.05) is 13.2 Å². The Morgan fingerprint density at radius 3 is 2.77 bits per heavy atom. The number of fused-ring (bicyclic) bond motifs is 1. The van der Waals surface area contributed by atoms with Crippen LogP contribution in [0, 0.1) is 12.7 Å². The van der Waals surface area contributed by atoms with Crippen LogP contribution in [-0.2, 0) is 0 Å². The SMILES string of the molecule is CCOc1cccn2c(C(=O)C[C@@H](CO)c3ccccc3F)c(C)nc12. The summed E-state index contributed by atoms with van der Waals surface area (Å²) in [5.41, 5.74) is 1.91. The lowest BCUT2D eigenvalue weighted by molar-refractivity contribution is 0.0953. The summed E-state index contributed by atoms with van der Waals surface area (Å²) in [7, 11) is 0. The third-order valence-corrected chi connectivity index (χ3v) is 4.35. The fraction of sp³-hybridized carbons (Fsp3) is 0.300. The number of ether oxygens (including phenoxy) is 1. The van der Waals surface area contributed by atoms with Gasteiger partial charge in [0.1, 0.15) is 11.5 Å². The highest BCUT2D eigenvalue weighted by molar-refractivity contribution is 5.97. The Labute approximate surface area is 151 Å². The summed E-state index contributed by atoms with van der Waals surface area (Å²) < 4.78 is 21.3. The highest BCUT2D eigenvalue weighted by Crippen LogP contribution is 2.27. The molecule has 2 aromatic heterocycles. The quantitative estimate of drug-likeness (QED) is 0.658. The second-order valence-electron chi connectivity index (χ2n) is 6.07. The molecule has 0 bridgehead atoms. The van der Waals surface area contributed by atoms with E-state index in [0.29, 0.717) is 35.0 Å². The van der Waals surface area contributed by atoms with Crippen LogP contribution in [0.15, 0.2) is 42.6 Å². The lowest BCUT2D eigenvalue weighted by Crippen LogP contribution is -2.14. The topological polar surface area (TPSA) is 63.8 Å². The third kappa shape index (κ3) is 3.32. The summed E-state index contributed by atoms with van der Waals surface area (Å²) in [4.78, 5) is 17.4. The Morgan fingerprint density at radius 2 is 2.08 bits per heavy atom. The van der Waals surface area contributed by atoms with Crippen LogP contribution in [0.3, 0.4) is 0 Å². The van der Waals surface area contributed by atoms with Crippen LogP contribution in [0.25, 0.3) is 5.65 Å². The van der Waals surface area contributed by atoms with Crippen LogP contribution >= 0.6 is 0 Å². The molecule has 0 radical (unpaired) electrons. The molecule has 3 rings (SSSR count). The Bertz CT molecular complexity index is 936. The van der Waals surface area contributed by atoms with Crippen molar-refractivity contribution < 1.29 is 19.0 Å². The number of imidazole rings is 1. The molecule has 6 heteroatoms. The Hall–Kier alpha value is -2.73. The van der Waals surface area contributed by atoms with Gasteiger partial charge in [0.2, 0.25) is 0 Å². The first kappa shape index (κ1) is 18.1. The number of carbonyl (C=O) groups excluding carboxylic acids is 1. The molecule has 0 saturated carbocycles. The molecule has 26 heavy (non-hydrogen) atoms. The van der Waals surface area contributed by atoms with Gasteiger partial charge in [-0.05, 0) is 37.6 Å². The van der Waals surface area contributed by atoms with E-state index < -0.39 is 11.7 Å². The van der Waals surface area contributed by atoms with Crippen LogP contribution in [0.5, 0.6) is 5.75 Å². The summed E-state index contributed by atoms with van der Waals surface area (Å²) in [5.74, 6) is -0.632. The van der Waals surface area contributed by atoms with Gasteiger partial charge in [-0.1, -0.05) is 18.2 Å². The van der Waals surface area contributed by atoms with Gasteiger partial charge >= 0.3 is 0 Å². The summed E-state index contributed by atoms with van der Waals surface area (Å²) in [6.45, 7) is 3.82. The number of aryl methyl sites for hydroxylation is 1. The van der Waals surface area contributed by atoms with Crippen LogP contribution < -0.4 is 4.74 Å². The molecule has 136 valence electrons. The van der Waals surface area contributed by atoms with Crippen molar-refractivity contribution in [3.63, 3.8) is 0 Å². The molecular formula is C20H21FN2O3. The molecule has 0 saturated heterocycles. The van der Waals surface area contributed by atoms with E-state index in [1.807, 2.05) is 6.92 Å². The number of benzene rings is 1. The number of Topliss-reactive ketones (excluding diaryl/α,β-unsaturated/α-hetero) is 1. The van der Waals surface area contributed by atoms with Gasteiger partial charge in [0, 0.05) is 18.5 Å². The van der Waals surface area contributed by atoms with Crippen LogP contribution in [0.1, 0.15) is 41.0 Å². The van der Waals surface area contributed by atoms with E-state index in [-0.39, 0.29) is 18.8 Å². The first-order valence-corrected chi connectivity index (χ1v) is 8.55. The molecule has 5 nitrogen and oxygen atoms in total. The Kier molecular flexibility index (Phi) is 5.32. The molecule has 3 aromatic rings. The Morgan fingerprint density at radius 1 is 1.31 bits per heavy atom. The van der Waals surface area contributed by atoms with E-state index in [0.717, 1.165) is 0 Å². The number of aromatic nitrogens is 2. The van der Waals surface area contributed by atoms with Gasteiger partial charge < -0.3 is 9.84 Å². The highest BCUT2D eigenvalue weighted by Gasteiger charge is 2.24. The minimum absolute atomic E-state index is 0.00900. The van der Waals surface area contributed by atoms with E-state index in [4.69, 9.17) is 4.74 Å². The predicted octanol–water partition coefficient (Wildman–Crippen LogP) is 3.53. The monoisotopic (exact) mass is 356 g/mol. The molecule has 1 aromatic carbocycles. The van der Waals surface area contributed by atoms with Gasteiger partial charge in [-0.15, -0.1) is 0 Å². The second-order valence-corrected chi connectivity index (χ2v) is 6.07. The molecule has 0 amide bonds. The number of ketones is 1. The normalized spacial score (nSPS) is 12.3. The zero-order chi connectivity index (χ0) is 18.7. The van der Waals surface area contributed by atoms with Gasteiger partial charge in [-0.3, -0.25) is 9.20 Å². The van der Waals surface area contributed by atoms with Gasteiger partial charge in [-0.25, -0.2) is 9.37 Å². The number of nitrogens with zero attached hydrogens (tertiary/aromatic N) is 2. The molecule has 1 N–H and O–H groups in total. The van der Waals surface area contributed by atoms with Crippen molar-refractivity contribution in [3.8, 4) is 5.75 Å². The first-order chi connectivity index (χ1) is 12.6. The number of aliphatic hydroxyl groups excluding tert-OH is 1. The zero-order valence-electron chi connectivity index (χ0n) is 14.8. The fourth-order valence-electron chi connectivity index (χ4n) is 3.16. The Balaban J connectivity index is 1.96. The number of halogens is 1. The molecule has 0 aliphatic heterocycles. The average molecular weight is 356 g/mol. The molecule has 0 unspecified atom stereocenters. The van der Waals surface area contributed by atoms with Crippen molar-refractivity contribution in [2.24, 2.45) is 0 Å². The minimum Gasteiger partial charge on any atom is -0.490 e. The summed E-state index contributed by atoms with van der Waals surface area (Å²) >= 11 is 0. The molecule has 0 aliphatic rings. The fourth-order valence-corrected chi connectivity index (χ4v) is 3.16. The number of aliphatic hydroxyl groups is 1. The van der Waals surface area contributed by atoms with Crippen molar-refractivity contribution in [1.29, 1.82) is 0 Å². The standard InChI is InChI=1S/C20H21FN2O3/c1-3-26-18-9-6-10-23-19(13(2)22-20(18)23)17(25)11-14(12-24)15-7-4-5-8-16(15)21/h4-10,14,24H,3,11-12H2,1-2H3/t14-/m0/s1. The molecule has 1 atom stereocenters. The lowest BCUT2D eigenvalue weighted by Gasteiger charge is -2.15.